The zero-order valence-electron chi connectivity index (χ0n) is 16.0. The lowest BCUT2D eigenvalue weighted by atomic mass is 10.3. The molecule has 0 aliphatic heterocycles. The van der Waals surface area contributed by atoms with E-state index in [9.17, 15) is 4.79 Å². The lowest BCUT2D eigenvalue weighted by molar-refractivity contribution is -0.115. The van der Waals surface area contributed by atoms with E-state index in [2.05, 4.69) is 20.8 Å². The standard InChI is InChI=1S/C20H21Cl2N5OS/c1-3-27-18(12-23-16-8-4-6-14(21)10-16)25-26-20(27)29-13(2)19(28)24-17-9-5-7-15(22)11-17/h4-11,13,23H,3,12H2,1-2H3,(H,24,28)/t13-/m0/s1. The van der Waals surface area contributed by atoms with Gasteiger partial charge in [-0.3, -0.25) is 4.79 Å². The molecule has 3 rings (SSSR count). The summed E-state index contributed by atoms with van der Waals surface area (Å²) in [4.78, 5) is 12.5. The number of hydrogen-bond acceptors (Lipinski definition) is 5. The van der Waals surface area contributed by atoms with Gasteiger partial charge in [0.1, 0.15) is 0 Å². The Morgan fingerprint density at radius 3 is 2.41 bits per heavy atom. The van der Waals surface area contributed by atoms with Crippen LogP contribution in [0, 0.1) is 0 Å². The molecule has 0 bridgehead atoms. The molecule has 0 aliphatic carbocycles. The van der Waals surface area contributed by atoms with E-state index in [0.29, 0.717) is 34.0 Å². The number of carbonyl (C=O) groups is 1. The van der Waals surface area contributed by atoms with Gasteiger partial charge in [0.05, 0.1) is 11.8 Å². The van der Waals surface area contributed by atoms with Crippen molar-refractivity contribution in [3.63, 3.8) is 0 Å². The van der Waals surface area contributed by atoms with Crippen LogP contribution in [-0.4, -0.2) is 25.9 Å². The zero-order chi connectivity index (χ0) is 20.8. The summed E-state index contributed by atoms with van der Waals surface area (Å²) in [5.41, 5.74) is 1.57. The van der Waals surface area contributed by atoms with Crippen molar-refractivity contribution in [2.45, 2.75) is 37.3 Å². The van der Waals surface area contributed by atoms with Gasteiger partial charge in [-0.15, -0.1) is 10.2 Å². The first-order valence-corrected chi connectivity index (χ1v) is 10.7. The van der Waals surface area contributed by atoms with Crippen molar-refractivity contribution in [3.05, 3.63) is 64.4 Å². The summed E-state index contributed by atoms with van der Waals surface area (Å²) in [5, 5.41) is 16.3. The zero-order valence-corrected chi connectivity index (χ0v) is 18.4. The average Bonchev–Trinajstić information content (AvgIpc) is 3.07. The maximum Gasteiger partial charge on any atom is 0.237 e. The summed E-state index contributed by atoms with van der Waals surface area (Å²) in [6.45, 7) is 5.06. The lowest BCUT2D eigenvalue weighted by Gasteiger charge is -2.13. The number of nitrogens with zero attached hydrogens (tertiary/aromatic N) is 3. The van der Waals surface area contributed by atoms with Crippen LogP contribution in [0.1, 0.15) is 19.7 Å². The molecular formula is C20H21Cl2N5OS. The van der Waals surface area contributed by atoms with Crippen LogP contribution in [0.3, 0.4) is 0 Å². The summed E-state index contributed by atoms with van der Waals surface area (Å²) in [5.74, 6) is 0.666. The van der Waals surface area contributed by atoms with Gasteiger partial charge in [0.25, 0.3) is 0 Å². The van der Waals surface area contributed by atoms with Crippen LogP contribution >= 0.6 is 35.0 Å². The first-order chi connectivity index (χ1) is 14.0. The van der Waals surface area contributed by atoms with E-state index in [-0.39, 0.29) is 11.2 Å². The van der Waals surface area contributed by atoms with Crippen LogP contribution in [0.4, 0.5) is 11.4 Å². The van der Waals surface area contributed by atoms with E-state index in [4.69, 9.17) is 23.2 Å². The number of carbonyl (C=O) groups excluding carboxylic acids is 1. The van der Waals surface area contributed by atoms with Gasteiger partial charge < -0.3 is 15.2 Å². The molecule has 1 aromatic heterocycles. The van der Waals surface area contributed by atoms with Crippen LogP contribution in [0.25, 0.3) is 0 Å². The number of nitrogens with one attached hydrogen (secondary N) is 2. The summed E-state index contributed by atoms with van der Waals surface area (Å²) in [6, 6.07) is 14.6. The number of aromatic nitrogens is 3. The maximum absolute atomic E-state index is 12.5. The third-order valence-electron chi connectivity index (χ3n) is 4.13. The highest BCUT2D eigenvalue weighted by atomic mass is 35.5. The Kier molecular flexibility index (Phi) is 7.41. The van der Waals surface area contributed by atoms with Crippen LogP contribution < -0.4 is 10.6 Å². The van der Waals surface area contributed by atoms with Crippen LogP contribution in [-0.2, 0) is 17.9 Å². The van der Waals surface area contributed by atoms with E-state index >= 15 is 0 Å². The Labute approximate surface area is 184 Å². The molecule has 9 heteroatoms. The molecule has 0 aliphatic rings. The molecule has 0 spiro atoms. The van der Waals surface area contributed by atoms with E-state index in [1.807, 2.05) is 42.7 Å². The van der Waals surface area contributed by atoms with Crippen LogP contribution in [0.5, 0.6) is 0 Å². The fourth-order valence-electron chi connectivity index (χ4n) is 2.66. The molecule has 2 N–H and O–H groups in total. The number of thioether (sulfide) groups is 1. The van der Waals surface area contributed by atoms with Crippen molar-refractivity contribution in [2.75, 3.05) is 10.6 Å². The molecule has 1 heterocycles. The van der Waals surface area contributed by atoms with Crippen LogP contribution in [0.2, 0.25) is 10.0 Å². The molecule has 2 aromatic carbocycles. The number of hydrogen-bond donors (Lipinski definition) is 2. The highest BCUT2D eigenvalue weighted by molar-refractivity contribution is 8.00. The van der Waals surface area contributed by atoms with Crippen molar-refractivity contribution >= 4 is 52.2 Å². The molecule has 0 saturated carbocycles. The van der Waals surface area contributed by atoms with Gasteiger partial charge in [-0.1, -0.05) is 47.1 Å². The Morgan fingerprint density at radius 2 is 1.76 bits per heavy atom. The minimum Gasteiger partial charge on any atom is -0.378 e. The molecule has 0 radical (unpaired) electrons. The summed E-state index contributed by atoms with van der Waals surface area (Å²) in [7, 11) is 0. The van der Waals surface area contributed by atoms with Crippen molar-refractivity contribution in [1.29, 1.82) is 0 Å². The molecule has 6 nitrogen and oxygen atoms in total. The molecule has 152 valence electrons. The largest absolute Gasteiger partial charge is 0.378 e. The SMILES string of the molecule is CCn1c(CNc2cccc(Cl)c2)nnc1S[C@@H](C)C(=O)Nc1cccc(Cl)c1. The molecule has 3 aromatic rings. The summed E-state index contributed by atoms with van der Waals surface area (Å²) >= 11 is 13.4. The molecule has 1 atom stereocenters. The van der Waals surface area contributed by atoms with E-state index in [1.165, 1.54) is 11.8 Å². The van der Waals surface area contributed by atoms with Gasteiger partial charge in [-0.2, -0.15) is 0 Å². The van der Waals surface area contributed by atoms with Gasteiger partial charge in [0.15, 0.2) is 11.0 Å². The summed E-state index contributed by atoms with van der Waals surface area (Å²) in [6.07, 6.45) is 0. The van der Waals surface area contributed by atoms with Crippen molar-refractivity contribution in [2.24, 2.45) is 0 Å². The Morgan fingerprint density at radius 1 is 1.10 bits per heavy atom. The number of rotatable bonds is 8. The van der Waals surface area contributed by atoms with Crippen LogP contribution in [0.15, 0.2) is 53.7 Å². The van der Waals surface area contributed by atoms with Gasteiger partial charge in [-0.25, -0.2) is 0 Å². The Hall–Kier alpha value is -2.22. The smallest absolute Gasteiger partial charge is 0.237 e. The third-order valence-corrected chi connectivity index (χ3v) is 5.68. The molecule has 29 heavy (non-hydrogen) atoms. The predicted molar refractivity (Wildman–Crippen MR) is 120 cm³/mol. The van der Waals surface area contributed by atoms with E-state index < -0.39 is 0 Å². The number of benzene rings is 2. The van der Waals surface area contributed by atoms with E-state index in [0.717, 1.165) is 11.5 Å². The highest BCUT2D eigenvalue weighted by Crippen LogP contribution is 2.24. The lowest BCUT2D eigenvalue weighted by Crippen LogP contribution is -2.23. The maximum atomic E-state index is 12.5. The Balaban J connectivity index is 1.63. The Bertz CT molecular complexity index is 995. The first-order valence-electron chi connectivity index (χ1n) is 9.11. The fourth-order valence-corrected chi connectivity index (χ4v) is 3.97. The average molecular weight is 450 g/mol. The normalized spacial score (nSPS) is 11.9. The quantitative estimate of drug-likeness (QED) is 0.454. The van der Waals surface area contributed by atoms with Gasteiger partial charge in [0, 0.05) is 28.0 Å². The number of amides is 1. The number of anilines is 2. The molecule has 0 fully saturated rings. The van der Waals surface area contributed by atoms with Gasteiger partial charge >= 0.3 is 0 Å². The monoisotopic (exact) mass is 449 g/mol. The molecule has 0 unspecified atom stereocenters. The van der Waals surface area contributed by atoms with E-state index in [1.54, 1.807) is 24.3 Å². The molecule has 0 saturated heterocycles. The second-order valence-corrected chi connectivity index (χ2v) is 8.45. The van der Waals surface area contributed by atoms with Crippen molar-refractivity contribution in [3.8, 4) is 0 Å². The molecule has 1 amide bonds. The topological polar surface area (TPSA) is 71.8 Å². The molecular weight excluding hydrogens is 429 g/mol. The van der Waals surface area contributed by atoms with Crippen molar-refractivity contribution in [1.82, 2.24) is 14.8 Å². The van der Waals surface area contributed by atoms with Gasteiger partial charge in [0.2, 0.25) is 5.91 Å². The first kappa shape index (κ1) is 21.5. The second kappa shape index (κ2) is 10.0. The fraction of sp³-hybridized carbons (Fsp3) is 0.250. The minimum absolute atomic E-state index is 0.124. The van der Waals surface area contributed by atoms with Crippen molar-refractivity contribution < 1.29 is 4.79 Å². The highest BCUT2D eigenvalue weighted by Gasteiger charge is 2.20. The second-order valence-electron chi connectivity index (χ2n) is 6.27. The third kappa shape index (κ3) is 5.88. The number of halogens is 2. The minimum atomic E-state index is -0.350. The predicted octanol–water partition coefficient (Wildman–Crippen LogP) is 5.34. The summed E-state index contributed by atoms with van der Waals surface area (Å²) < 4.78 is 1.99. The van der Waals surface area contributed by atoms with Gasteiger partial charge in [-0.05, 0) is 50.2 Å².